The Kier molecular flexibility index (Phi) is 5.99. The molecule has 0 nitrogen and oxygen atoms in total. The van der Waals surface area contributed by atoms with Crippen LogP contribution in [0.5, 0.6) is 0 Å². The van der Waals surface area contributed by atoms with Crippen molar-refractivity contribution in [3.8, 4) is 22.3 Å². The summed E-state index contributed by atoms with van der Waals surface area (Å²) in [5, 5.41) is 0. The van der Waals surface area contributed by atoms with E-state index < -0.39 is 18.0 Å². The average molecular weight is 669 g/mol. The van der Waals surface area contributed by atoms with Crippen molar-refractivity contribution in [2.24, 2.45) is 0 Å². The maximum absolute atomic E-state index is 13.7. The van der Waals surface area contributed by atoms with Crippen LogP contribution < -0.4 is 0 Å². The van der Waals surface area contributed by atoms with Crippen LogP contribution in [-0.2, 0) is 18.0 Å². The molecule has 0 radical (unpaired) electrons. The zero-order valence-electron chi connectivity index (χ0n) is 22.3. The third-order valence-electron chi connectivity index (χ3n) is 9.66. The van der Waals surface area contributed by atoms with Crippen molar-refractivity contribution >= 4 is 15.4 Å². The summed E-state index contributed by atoms with van der Waals surface area (Å²) in [5.41, 5.74) is 9.73. The summed E-state index contributed by atoms with van der Waals surface area (Å²) in [6.45, 7) is 4.70. The fourth-order valence-electron chi connectivity index (χ4n) is 6.80. The van der Waals surface area contributed by atoms with E-state index in [0.29, 0.717) is 7.35 Å². The molecule has 2 aliphatic rings. The summed E-state index contributed by atoms with van der Waals surface area (Å²) in [4.78, 5) is 0. The Morgan fingerprint density at radius 2 is 0.974 bits per heavy atom. The monoisotopic (exact) mass is 670 g/mol. The van der Waals surface area contributed by atoms with Gasteiger partial charge in [-0.2, -0.15) is 0 Å². The van der Waals surface area contributed by atoms with Crippen molar-refractivity contribution in [2.75, 3.05) is 0 Å². The van der Waals surface area contributed by atoms with Gasteiger partial charge in [0.25, 0.3) is 0 Å². The van der Waals surface area contributed by atoms with Gasteiger partial charge < -0.3 is 0 Å². The third-order valence-corrected chi connectivity index (χ3v) is 38.4. The summed E-state index contributed by atoms with van der Waals surface area (Å²) < 4.78 is 34.8. The first-order valence-corrected chi connectivity index (χ1v) is 26.5. The Hall–Kier alpha value is -3.04. The van der Waals surface area contributed by atoms with Crippen molar-refractivity contribution in [1.29, 1.82) is 0 Å². The van der Waals surface area contributed by atoms with E-state index in [4.69, 9.17) is 0 Å². The van der Waals surface area contributed by atoms with Crippen LogP contribution in [0.3, 0.4) is 0 Å². The first-order valence-electron chi connectivity index (χ1n) is 13.3. The van der Waals surface area contributed by atoms with Crippen LogP contribution in [0.1, 0.15) is 43.5 Å². The van der Waals surface area contributed by atoms with Crippen molar-refractivity contribution in [1.82, 2.24) is 0 Å². The molecule has 3 heteroatoms. The minimum atomic E-state index is -3.95. The zero-order valence-corrected chi connectivity index (χ0v) is 25.9. The molecule has 0 aliphatic heterocycles. The predicted molar refractivity (Wildman–Crippen MR) is 155 cm³/mol. The molecule has 2 aliphatic carbocycles. The van der Waals surface area contributed by atoms with Crippen molar-refractivity contribution in [3.63, 3.8) is 0 Å². The average Bonchev–Trinajstić information content (AvgIpc) is 3.55. The Labute approximate surface area is 225 Å². The minimum absolute atomic E-state index is 0.213. The van der Waals surface area contributed by atoms with Crippen molar-refractivity contribution < 1.29 is 26.8 Å². The Bertz CT molecular complexity index is 1580. The van der Waals surface area contributed by atoms with Crippen LogP contribution in [0.25, 0.3) is 34.4 Å². The van der Waals surface area contributed by atoms with E-state index in [-0.39, 0.29) is 11.6 Å². The van der Waals surface area contributed by atoms with Crippen LogP contribution in [0.2, 0.25) is 9.36 Å². The molecule has 0 fully saturated rings. The van der Waals surface area contributed by atoms with Gasteiger partial charge in [0.2, 0.25) is 0 Å². The van der Waals surface area contributed by atoms with E-state index in [1.54, 1.807) is 27.5 Å². The van der Waals surface area contributed by atoms with Crippen LogP contribution in [-0.4, -0.2) is 3.26 Å². The molecule has 0 aromatic heterocycles. The molecule has 0 saturated carbocycles. The molecule has 0 amide bonds. The summed E-state index contributed by atoms with van der Waals surface area (Å²) in [6.07, 6.45) is 9.52. The first kappa shape index (κ1) is 25.2. The van der Waals surface area contributed by atoms with Gasteiger partial charge in [0, 0.05) is 0 Å². The second kappa shape index (κ2) is 9.02. The van der Waals surface area contributed by atoms with Crippen LogP contribution in [0, 0.1) is 11.6 Å². The number of benzene rings is 4. The predicted octanol–water partition coefficient (Wildman–Crippen LogP) is 10.1. The van der Waals surface area contributed by atoms with Crippen LogP contribution in [0.15, 0.2) is 97.1 Å². The molecule has 4 aromatic rings. The summed E-state index contributed by atoms with van der Waals surface area (Å²) in [7, 11) is 0. The Morgan fingerprint density at radius 3 is 1.34 bits per heavy atom. The number of fused-ring (bicyclic) bond motifs is 2. The van der Waals surface area contributed by atoms with Gasteiger partial charge >= 0.3 is 226 Å². The van der Waals surface area contributed by atoms with Gasteiger partial charge in [0.1, 0.15) is 0 Å². The van der Waals surface area contributed by atoms with E-state index in [0.717, 1.165) is 22.3 Å². The fraction of sp³-hybridized carbons (Fsp3) is 0.171. The Balaban J connectivity index is 1.50. The molecule has 0 bridgehead atoms. The van der Waals surface area contributed by atoms with Crippen LogP contribution in [0.4, 0.5) is 8.78 Å². The van der Waals surface area contributed by atoms with E-state index in [2.05, 4.69) is 83.9 Å². The fourth-order valence-corrected chi connectivity index (χ4v) is 26.3. The number of rotatable bonds is 4. The second-order valence-corrected chi connectivity index (χ2v) is 38.7. The van der Waals surface area contributed by atoms with E-state index in [1.807, 2.05) is 24.3 Å². The standard InChI is InChI=1S/2C15H10F.C3H6.2CH3.Hf/c2*16-13-9-7-12(8-10-13)15-6-2-4-11-3-1-5-14(11)15;1-3-2;;;/h2*1-10H;1-2H3;2*1H3;. The van der Waals surface area contributed by atoms with Crippen molar-refractivity contribution in [3.05, 3.63) is 131 Å². The molecule has 0 spiro atoms. The number of halogens is 2. The normalized spacial score (nSPS) is 18.0. The summed E-state index contributed by atoms with van der Waals surface area (Å²) in [5.74, 6) is -0.427. The van der Waals surface area contributed by atoms with Gasteiger partial charge in [-0.3, -0.25) is 0 Å². The maximum atomic E-state index is 13.7. The molecule has 0 N–H and O–H groups in total. The summed E-state index contributed by atoms with van der Waals surface area (Å²) >= 11 is -3.95. The number of hydrogen-bond acceptors (Lipinski definition) is 0. The van der Waals surface area contributed by atoms with Gasteiger partial charge in [-0.05, 0) is 0 Å². The quantitative estimate of drug-likeness (QED) is 0.190. The first-order chi connectivity index (χ1) is 18.2. The van der Waals surface area contributed by atoms with Crippen molar-refractivity contribution in [2.45, 2.75) is 30.6 Å². The molecule has 0 saturated heterocycles. The second-order valence-electron chi connectivity index (χ2n) is 11.9. The molecule has 2 unspecified atom stereocenters. The van der Waals surface area contributed by atoms with Gasteiger partial charge in [-0.25, -0.2) is 0 Å². The molecular formula is C35H32F2Hf. The Morgan fingerprint density at radius 1 is 0.579 bits per heavy atom. The van der Waals surface area contributed by atoms with Gasteiger partial charge in [-0.1, -0.05) is 0 Å². The van der Waals surface area contributed by atoms with Crippen LogP contribution >= 0.6 is 0 Å². The molecule has 190 valence electrons. The number of allylic oxidation sites excluding steroid dienone is 2. The topological polar surface area (TPSA) is 0 Å². The van der Waals surface area contributed by atoms with Gasteiger partial charge in [-0.15, -0.1) is 0 Å². The van der Waals surface area contributed by atoms with E-state index in [1.165, 1.54) is 22.3 Å². The molecule has 2 atom stereocenters. The molecule has 38 heavy (non-hydrogen) atoms. The van der Waals surface area contributed by atoms with E-state index in [9.17, 15) is 8.78 Å². The molecular weight excluding hydrogens is 637 g/mol. The molecule has 4 aromatic carbocycles. The van der Waals surface area contributed by atoms with Gasteiger partial charge in [0.15, 0.2) is 0 Å². The SMILES string of the molecule is C[C](C)=[Hf]([CH3])([CH3])([CH]1C=Cc2c(-c3ccc(F)cc3)cccc21)[CH]1C=Cc2c(-c3ccc(F)cc3)cccc21. The third kappa shape index (κ3) is 3.73. The van der Waals surface area contributed by atoms with E-state index >= 15 is 0 Å². The van der Waals surface area contributed by atoms with Gasteiger partial charge in [0.05, 0.1) is 0 Å². The molecule has 0 heterocycles. The summed E-state index contributed by atoms with van der Waals surface area (Å²) in [6, 6.07) is 26.9. The molecule has 6 rings (SSSR count). The zero-order chi connectivity index (χ0) is 26.7. The number of hydrogen-bond donors (Lipinski definition) is 0.